The predicted molar refractivity (Wildman–Crippen MR) is 98.3 cm³/mol. The second-order valence-electron chi connectivity index (χ2n) is 4.36. The highest BCUT2D eigenvalue weighted by atomic mass is 127. The maximum Gasteiger partial charge on any atom is 0.190 e. The molecule has 0 aliphatic carbocycles. The summed E-state index contributed by atoms with van der Waals surface area (Å²) in [6.45, 7) is 13.3. The number of hydrogen-bond acceptors (Lipinski definition) is 3. The van der Waals surface area contributed by atoms with E-state index in [1.54, 1.807) is 0 Å². The van der Waals surface area contributed by atoms with Crippen LogP contribution in [0.4, 0.5) is 0 Å². The first kappa shape index (κ1) is 22.2. The van der Waals surface area contributed by atoms with Gasteiger partial charge >= 0.3 is 0 Å². The van der Waals surface area contributed by atoms with Gasteiger partial charge in [-0.3, -0.25) is 4.99 Å². The Morgan fingerprint density at radius 2 is 1.65 bits per heavy atom. The van der Waals surface area contributed by atoms with E-state index in [1.165, 1.54) is 0 Å². The summed E-state index contributed by atoms with van der Waals surface area (Å²) in [5.41, 5.74) is 0. The van der Waals surface area contributed by atoms with E-state index in [0.717, 1.165) is 64.7 Å². The van der Waals surface area contributed by atoms with E-state index in [4.69, 9.17) is 4.74 Å². The third-order valence-corrected chi connectivity index (χ3v) is 3.02. The lowest BCUT2D eigenvalue weighted by Crippen LogP contribution is -2.39. The molecule has 0 rings (SSSR count). The largest absolute Gasteiger partial charge is 0.382 e. The van der Waals surface area contributed by atoms with Crippen molar-refractivity contribution in [3.05, 3.63) is 0 Å². The van der Waals surface area contributed by atoms with Crippen molar-refractivity contribution in [3.63, 3.8) is 0 Å². The van der Waals surface area contributed by atoms with Gasteiger partial charge < -0.3 is 20.3 Å². The van der Waals surface area contributed by atoms with Crippen molar-refractivity contribution in [1.29, 1.82) is 0 Å². The number of nitrogens with one attached hydrogen (secondary N) is 2. The Morgan fingerprint density at radius 1 is 1.05 bits per heavy atom. The number of guanidine groups is 1. The third-order valence-electron chi connectivity index (χ3n) is 3.02. The summed E-state index contributed by atoms with van der Waals surface area (Å²) < 4.78 is 5.29. The van der Waals surface area contributed by atoms with Gasteiger partial charge in [-0.2, -0.15) is 0 Å². The van der Waals surface area contributed by atoms with Crippen LogP contribution in [0.3, 0.4) is 0 Å². The van der Waals surface area contributed by atoms with Gasteiger partial charge in [0.15, 0.2) is 5.96 Å². The van der Waals surface area contributed by atoms with Crippen LogP contribution in [0.5, 0.6) is 0 Å². The minimum atomic E-state index is 0. The SMILES string of the molecule is CCOCCCNC(=NC)NCCCN(CC)CC.I. The van der Waals surface area contributed by atoms with Crippen molar-refractivity contribution in [2.75, 3.05) is 53.0 Å². The number of aliphatic imine (C=N–C) groups is 1. The van der Waals surface area contributed by atoms with Crippen LogP contribution in [0.25, 0.3) is 0 Å². The molecule has 0 amide bonds. The van der Waals surface area contributed by atoms with E-state index >= 15 is 0 Å². The number of halogens is 1. The van der Waals surface area contributed by atoms with Crippen LogP contribution in [-0.2, 0) is 4.74 Å². The lowest BCUT2D eigenvalue weighted by Gasteiger charge is -2.18. The zero-order valence-corrected chi connectivity index (χ0v) is 15.9. The van der Waals surface area contributed by atoms with E-state index in [2.05, 4.69) is 34.4 Å². The Morgan fingerprint density at radius 3 is 2.15 bits per heavy atom. The van der Waals surface area contributed by atoms with Gasteiger partial charge in [-0.05, 0) is 39.4 Å². The molecule has 0 aliphatic heterocycles. The van der Waals surface area contributed by atoms with Gasteiger partial charge in [0.1, 0.15) is 0 Å². The van der Waals surface area contributed by atoms with E-state index in [-0.39, 0.29) is 24.0 Å². The summed E-state index contributed by atoms with van der Waals surface area (Å²) in [5.74, 6) is 0.885. The van der Waals surface area contributed by atoms with Gasteiger partial charge in [0, 0.05) is 33.4 Å². The molecule has 6 heteroatoms. The number of nitrogens with zero attached hydrogens (tertiary/aromatic N) is 2. The molecule has 0 spiro atoms. The second kappa shape index (κ2) is 17.0. The average molecular weight is 400 g/mol. The van der Waals surface area contributed by atoms with Gasteiger partial charge in [0.2, 0.25) is 0 Å². The minimum Gasteiger partial charge on any atom is -0.382 e. The van der Waals surface area contributed by atoms with Crippen molar-refractivity contribution < 1.29 is 4.74 Å². The fourth-order valence-corrected chi connectivity index (χ4v) is 1.80. The fourth-order valence-electron chi connectivity index (χ4n) is 1.80. The highest BCUT2D eigenvalue weighted by molar-refractivity contribution is 14.0. The first-order valence-electron chi connectivity index (χ1n) is 7.53. The van der Waals surface area contributed by atoms with Crippen molar-refractivity contribution in [2.45, 2.75) is 33.6 Å². The van der Waals surface area contributed by atoms with Gasteiger partial charge in [0.25, 0.3) is 0 Å². The molecule has 0 aromatic carbocycles. The van der Waals surface area contributed by atoms with Crippen molar-refractivity contribution >= 4 is 29.9 Å². The molecule has 0 heterocycles. The van der Waals surface area contributed by atoms with Crippen LogP contribution < -0.4 is 10.6 Å². The summed E-state index contributed by atoms with van der Waals surface area (Å²) in [6.07, 6.45) is 2.15. The van der Waals surface area contributed by atoms with Crippen LogP contribution in [0.15, 0.2) is 4.99 Å². The van der Waals surface area contributed by atoms with Crippen molar-refractivity contribution in [3.8, 4) is 0 Å². The molecule has 0 atom stereocenters. The Bertz CT molecular complexity index is 223. The molecule has 122 valence electrons. The van der Waals surface area contributed by atoms with Gasteiger partial charge in [-0.25, -0.2) is 0 Å². The molecule has 0 bridgehead atoms. The molecule has 5 nitrogen and oxygen atoms in total. The molecule has 0 aliphatic rings. The molecular formula is C14H33IN4O. The maximum absolute atomic E-state index is 5.29. The Kier molecular flexibility index (Phi) is 18.8. The zero-order valence-electron chi connectivity index (χ0n) is 13.6. The van der Waals surface area contributed by atoms with Crippen LogP contribution in [0.2, 0.25) is 0 Å². The molecule has 0 unspecified atom stereocenters. The second-order valence-corrected chi connectivity index (χ2v) is 4.36. The smallest absolute Gasteiger partial charge is 0.190 e. The molecule has 0 fully saturated rings. The van der Waals surface area contributed by atoms with E-state index in [9.17, 15) is 0 Å². The van der Waals surface area contributed by atoms with Crippen LogP contribution in [0, 0.1) is 0 Å². The van der Waals surface area contributed by atoms with Crippen LogP contribution in [-0.4, -0.2) is 63.8 Å². The first-order chi connectivity index (χ1) is 9.28. The summed E-state index contributed by atoms with van der Waals surface area (Å²) in [5, 5.41) is 6.62. The highest BCUT2D eigenvalue weighted by Crippen LogP contribution is 1.89. The maximum atomic E-state index is 5.29. The average Bonchev–Trinajstić information content (AvgIpc) is 2.45. The highest BCUT2D eigenvalue weighted by Gasteiger charge is 1.99. The Hall–Kier alpha value is -0.0800. The molecule has 0 radical (unpaired) electrons. The molecule has 0 aromatic rings. The lowest BCUT2D eigenvalue weighted by molar-refractivity contribution is 0.145. The molecular weight excluding hydrogens is 367 g/mol. The van der Waals surface area contributed by atoms with Crippen molar-refractivity contribution in [1.82, 2.24) is 15.5 Å². The Balaban J connectivity index is 0. The Labute approximate surface area is 141 Å². The quantitative estimate of drug-likeness (QED) is 0.241. The topological polar surface area (TPSA) is 48.9 Å². The summed E-state index contributed by atoms with van der Waals surface area (Å²) >= 11 is 0. The fraction of sp³-hybridized carbons (Fsp3) is 0.929. The molecule has 20 heavy (non-hydrogen) atoms. The molecule has 0 saturated heterocycles. The predicted octanol–water partition coefficient (Wildman–Crippen LogP) is 1.93. The lowest BCUT2D eigenvalue weighted by atomic mass is 10.3. The minimum absolute atomic E-state index is 0. The molecule has 2 N–H and O–H groups in total. The summed E-state index contributed by atoms with van der Waals surface area (Å²) in [6, 6.07) is 0. The number of rotatable bonds is 11. The molecule has 0 aromatic heterocycles. The normalized spacial score (nSPS) is 11.3. The van der Waals surface area contributed by atoms with Crippen LogP contribution in [0.1, 0.15) is 33.6 Å². The first-order valence-corrected chi connectivity index (χ1v) is 7.53. The molecule has 0 saturated carbocycles. The summed E-state index contributed by atoms with van der Waals surface area (Å²) in [7, 11) is 1.81. The monoisotopic (exact) mass is 400 g/mol. The standard InChI is InChI=1S/C14H32N4O.HI/c1-5-18(6-2)12-8-10-16-14(15-4)17-11-9-13-19-7-3;/h5-13H2,1-4H3,(H2,15,16,17);1H. The van der Waals surface area contributed by atoms with Crippen LogP contribution >= 0.6 is 24.0 Å². The van der Waals surface area contributed by atoms with Gasteiger partial charge in [-0.15, -0.1) is 24.0 Å². The van der Waals surface area contributed by atoms with E-state index < -0.39 is 0 Å². The summed E-state index contributed by atoms with van der Waals surface area (Å²) in [4.78, 5) is 6.63. The van der Waals surface area contributed by atoms with Gasteiger partial charge in [-0.1, -0.05) is 13.8 Å². The van der Waals surface area contributed by atoms with E-state index in [0.29, 0.717) is 0 Å². The third kappa shape index (κ3) is 12.9. The van der Waals surface area contributed by atoms with Crippen molar-refractivity contribution in [2.24, 2.45) is 4.99 Å². The van der Waals surface area contributed by atoms with E-state index in [1.807, 2.05) is 14.0 Å². The number of ether oxygens (including phenoxy) is 1. The number of hydrogen-bond donors (Lipinski definition) is 2. The van der Waals surface area contributed by atoms with Gasteiger partial charge in [0.05, 0.1) is 0 Å². The zero-order chi connectivity index (χ0) is 14.3.